The molecule has 0 radical (unpaired) electrons. The third kappa shape index (κ3) is 5.90. The minimum absolute atomic E-state index is 0.164. The van der Waals surface area contributed by atoms with E-state index in [0.717, 1.165) is 0 Å². The smallest absolute Gasteiger partial charge is 0.308 e. The predicted molar refractivity (Wildman–Crippen MR) is 51.8 cm³/mol. The summed E-state index contributed by atoms with van der Waals surface area (Å²) >= 11 is 0. The van der Waals surface area contributed by atoms with E-state index in [1.807, 2.05) is 0 Å². The zero-order valence-corrected chi connectivity index (χ0v) is 8.93. The summed E-state index contributed by atoms with van der Waals surface area (Å²) in [5.74, 6) is -0.488. The molecule has 0 heterocycles. The molecule has 0 bridgehead atoms. The molecule has 0 fully saturated rings. The Labute approximate surface area is 84.3 Å². The van der Waals surface area contributed by atoms with Crippen molar-refractivity contribution in [3.8, 4) is 0 Å². The zero-order chi connectivity index (χ0) is 11.1. The second kappa shape index (κ2) is 6.75. The predicted octanol–water partition coefficient (Wildman–Crippen LogP) is -0.777. The lowest BCUT2D eigenvalue weighted by atomic mass is 10.1. The first-order valence-electron chi connectivity index (χ1n) is 4.63. The van der Waals surface area contributed by atoms with Gasteiger partial charge < -0.3 is 19.8 Å². The standard InChI is InChI=1S/C9H19NO4/c1-4-14-9(13)5-7(11)8(12)6-10(2)3/h7-8,11-12H,4-6H2,1-3H3/t7-,8-/m1/s1. The van der Waals surface area contributed by atoms with Gasteiger partial charge in [-0.05, 0) is 21.0 Å². The van der Waals surface area contributed by atoms with Crippen molar-refractivity contribution >= 4 is 5.97 Å². The maximum Gasteiger partial charge on any atom is 0.308 e. The van der Waals surface area contributed by atoms with E-state index in [9.17, 15) is 15.0 Å². The van der Waals surface area contributed by atoms with Crippen molar-refractivity contribution in [3.63, 3.8) is 0 Å². The summed E-state index contributed by atoms with van der Waals surface area (Å²) < 4.78 is 4.64. The number of ether oxygens (including phenoxy) is 1. The van der Waals surface area contributed by atoms with Crippen molar-refractivity contribution in [1.82, 2.24) is 4.90 Å². The van der Waals surface area contributed by atoms with Gasteiger partial charge in [-0.3, -0.25) is 4.79 Å². The molecule has 0 aromatic rings. The van der Waals surface area contributed by atoms with Gasteiger partial charge in [-0.1, -0.05) is 0 Å². The van der Waals surface area contributed by atoms with Crippen LogP contribution < -0.4 is 0 Å². The molecule has 5 nitrogen and oxygen atoms in total. The fourth-order valence-corrected chi connectivity index (χ4v) is 1.02. The number of likely N-dealkylation sites (N-methyl/N-ethyl adjacent to an activating group) is 1. The lowest BCUT2D eigenvalue weighted by Crippen LogP contribution is -2.37. The van der Waals surface area contributed by atoms with Crippen molar-refractivity contribution in [2.24, 2.45) is 0 Å². The number of aliphatic hydroxyl groups is 2. The zero-order valence-electron chi connectivity index (χ0n) is 8.93. The van der Waals surface area contributed by atoms with Crippen LogP contribution in [0, 0.1) is 0 Å². The molecule has 0 aliphatic rings. The van der Waals surface area contributed by atoms with E-state index >= 15 is 0 Å². The van der Waals surface area contributed by atoms with Gasteiger partial charge in [-0.2, -0.15) is 0 Å². The van der Waals surface area contributed by atoms with Crippen LogP contribution in [0.2, 0.25) is 0 Å². The van der Waals surface area contributed by atoms with Gasteiger partial charge in [0.05, 0.1) is 25.2 Å². The molecular weight excluding hydrogens is 186 g/mol. The van der Waals surface area contributed by atoms with Crippen molar-refractivity contribution < 1.29 is 19.7 Å². The Morgan fingerprint density at radius 3 is 2.36 bits per heavy atom. The highest BCUT2D eigenvalue weighted by Crippen LogP contribution is 2.01. The van der Waals surface area contributed by atoms with E-state index in [2.05, 4.69) is 4.74 Å². The molecule has 0 aromatic carbocycles. The average Bonchev–Trinajstić information content (AvgIpc) is 2.02. The summed E-state index contributed by atoms with van der Waals surface area (Å²) in [6, 6.07) is 0. The fourth-order valence-electron chi connectivity index (χ4n) is 1.02. The van der Waals surface area contributed by atoms with Gasteiger partial charge in [0.25, 0.3) is 0 Å². The van der Waals surface area contributed by atoms with E-state index in [0.29, 0.717) is 6.54 Å². The van der Waals surface area contributed by atoms with Crippen LogP contribution >= 0.6 is 0 Å². The van der Waals surface area contributed by atoms with E-state index < -0.39 is 18.2 Å². The third-order valence-electron chi connectivity index (χ3n) is 1.68. The van der Waals surface area contributed by atoms with Gasteiger partial charge in [0, 0.05) is 6.54 Å². The Kier molecular flexibility index (Phi) is 6.44. The molecule has 2 atom stereocenters. The van der Waals surface area contributed by atoms with Crippen molar-refractivity contribution in [2.45, 2.75) is 25.6 Å². The molecule has 0 spiro atoms. The summed E-state index contributed by atoms with van der Waals surface area (Å²) in [7, 11) is 3.56. The summed E-state index contributed by atoms with van der Waals surface area (Å²) in [5, 5.41) is 18.8. The van der Waals surface area contributed by atoms with Crippen LogP contribution in [0.4, 0.5) is 0 Å². The number of hydrogen-bond acceptors (Lipinski definition) is 5. The fraction of sp³-hybridized carbons (Fsp3) is 0.889. The lowest BCUT2D eigenvalue weighted by Gasteiger charge is -2.20. The second-order valence-electron chi connectivity index (χ2n) is 3.41. The lowest BCUT2D eigenvalue weighted by molar-refractivity contribution is -0.147. The number of hydrogen-bond donors (Lipinski definition) is 2. The van der Waals surface area contributed by atoms with E-state index in [4.69, 9.17) is 0 Å². The molecule has 0 aromatic heterocycles. The van der Waals surface area contributed by atoms with E-state index in [1.165, 1.54) is 0 Å². The van der Waals surface area contributed by atoms with E-state index in [-0.39, 0.29) is 13.0 Å². The number of carbonyl (C=O) groups is 1. The van der Waals surface area contributed by atoms with E-state index in [1.54, 1.807) is 25.9 Å². The first kappa shape index (κ1) is 13.4. The van der Waals surface area contributed by atoms with Gasteiger partial charge >= 0.3 is 5.97 Å². The Morgan fingerprint density at radius 2 is 1.93 bits per heavy atom. The molecule has 0 unspecified atom stereocenters. The van der Waals surface area contributed by atoms with Crippen molar-refractivity contribution in [3.05, 3.63) is 0 Å². The molecule has 0 aliphatic heterocycles. The Morgan fingerprint density at radius 1 is 1.36 bits per heavy atom. The molecule has 0 saturated heterocycles. The van der Waals surface area contributed by atoms with Crippen LogP contribution in [0.25, 0.3) is 0 Å². The number of aliphatic hydroxyl groups excluding tert-OH is 2. The number of esters is 1. The molecule has 5 heteroatoms. The second-order valence-corrected chi connectivity index (χ2v) is 3.41. The number of carbonyl (C=O) groups excluding carboxylic acids is 1. The maximum atomic E-state index is 10.9. The quantitative estimate of drug-likeness (QED) is 0.557. The largest absolute Gasteiger partial charge is 0.466 e. The highest BCUT2D eigenvalue weighted by Gasteiger charge is 2.20. The molecule has 84 valence electrons. The van der Waals surface area contributed by atoms with Crippen LogP contribution in [0.15, 0.2) is 0 Å². The Balaban J connectivity index is 3.82. The highest BCUT2D eigenvalue weighted by atomic mass is 16.5. The van der Waals surface area contributed by atoms with Crippen molar-refractivity contribution in [1.29, 1.82) is 0 Å². The van der Waals surface area contributed by atoms with Gasteiger partial charge in [-0.15, -0.1) is 0 Å². The molecule has 14 heavy (non-hydrogen) atoms. The molecule has 0 aliphatic carbocycles. The Bertz CT molecular complexity index is 172. The first-order chi connectivity index (χ1) is 6.47. The molecule has 2 N–H and O–H groups in total. The van der Waals surface area contributed by atoms with Gasteiger partial charge in [-0.25, -0.2) is 0 Å². The molecule has 0 saturated carbocycles. The number of rotatable bonds is 6. The molecule has 0 rings (SSSR count). The van der Waals surface area contributed by atoms with Crippen LogP contribution in [-0.2, 0) is 9.53 Å². The summed E-state index contributed by atoms with van der Waals surface area (Å²) in [5.41, 5.74) is 0. The minimum atomic E-state index is -1.06. The van der Waals surface area contributed by atoms with Crippen LogP contribution in [0.1, 0.15) is 13.3 Å². The minimum Gasteiger partial charge on any atom is -0.466 e. The topological polar surface area (TPSA) is 70.0 Å². The monoisotopic (exact) mass is 205 g/mol. The third-order valence-corrected chi connectivity index (χ3v) is 1.68. The van der Waals surface area contributed by atoms with Crippen LogP contribution in [0.5, 0.6) is 0 Å². The summed E-state index contributed by atoms with van der Waals surface area (Å²) in [6.07, 6.45) is -2.14. The van der Waals surface area contributed by atoms with Crippen LogP contribution in [0.3, 0.4) is 0 Å². The SMILES string of the molecule is CCOC(=O)C[C@@H](O)[C@H](O)CN(C)C. The van der Waals surface area contributed by atoms with Crippen molar-refractivity contribution in [2.75, 3.05) is 27.2 Å². The van der Waals surface area contributed by atoms with Crippen LogP contribution in [-0.4, -0.2) is 60.5 Å². The Hall–Kier alpha value is -0.650. The molecule has 0 amide bonds. The normalized spacial score (nSPS) is 15.3. The summed E-state index contributed by atoms with van der Waals surface area (Å²) in [6.45, 7) is 2.30. The molecular formula is C9H19NO4. The highest BCUT2D eigenvalue weighted by molar-refractivity contribution is 5.69. The van der Waals surface area contributed by atoms with Gasteiger partial charge in [0.2, 0.25) is 0 Å². The number of nitrogens with zero attached hydrogens (tertiary/aromatic N) is 1. The van der Waals surface area contributed by atoms with Gasteiger partial charge in [0.15, 0.2) is 0 Å². The summed E-state index contributed by atoms with van der Waals surface area (Å²) in [4.78, 5) is 12.7. The maximum absolute atomic E-state index is 10.9. The van der Waals surface area contributed by atoms with Gasteiger partial charge in [0.1, 0.15) is 0 Å². The first-order valence-corrected chi connectivity index (χ1v) is 4.63. The average molecular weight is 205 g/mol.